The van der Waals surface area contributed by atoms with Crippen LogP contribution in [0.3, 0.4) is 0 Å². The number of nitrogens with zero attached hydrogens (tertiary/aromatic N) is 2. The molecule has 0 aliphatic carbocycles. The first-order valence-electron chi connectivity index (χ1n) is 5.20. The number of pyridine rings is 1. The lowest BCUT2D eigenvalue weighted by Gasteiger charge is -2.04. The van der Waals surface area contributed by atoms with E-state index in [1.165, 1.54) is 12.1 Å². The highest BCUT2D eigenvalue weighted by Crippen LogP contribution is 2.37. The Hall–Kier alpha value is -1.87. The Labute approximate surface area is 125 Å². The van der Waals surface area contributed by atoms with Crippen LogP contribution >= 0.6 is 27.7 Å². The van der Waals surface area contributed by atoms with Crippen molar-refractivity contribution in [2.24, 2.45) is 0 Å². The molecule has 0 atom stereocenters. The summed E-state index contributed by atoms with van der Waals surface area (Å²) in [6.07, 6.45) is 1.16. The van der Waals surface area contributed by atoms with E-state index >= 15 is 0 Å². The van der Waals surface area contributed by atoms with Gasteiger partial charge >= 0.3 is 5.97 Å². The van der Waals surface area contributed by atoms with E-state index in [4.69, 9.17) is 9.52 Å². The summed E-state index contributed by atoms with van der Waals surface area (Å²) in [5, 5.41) is 20.3. The van der Waals surface area contributed by atoms with Gasteiger partial charge in [-0.2, -0.15) is 0 Å². The number of carbonyl (C=O) groups is 1. The molecule has 2 aromatic rings. The zero-order valence-corrected chi connectivity index (χ0v) is 12.4. The monoisotopic (exact) mass is 358 g/mol. The summed E-state index contributed by atoms with van der Waals surface area (Å²) in [5.41, 5.74) is 0.351. The minimum atomic E-state index is -1.16. The molecule has 20 heavy (non-hydrogen) atoms. The Balaban J connectivity index is 2.32. The molecule has 0 aliphatic heterocycles. The van der Waals surface area contributed by atoms with Gasteiger partial charge in [0.15, 0.2) is 5.09 Å². The van der Waals surface area contributed by atoms with Crippen LogP contribution in [0.5, 0.6) is 0 Å². The van der Waals surface area contributed by atoms with Crippen LogP contribution < -0.4 is 0 Å². The zero-order chi connectivity index (χ0) is 14.9. The molecule has 0 unspecified atom stereocenters. The molecule has 9 heteroatoms. The number of carboxylic acids is 1. The van der Waals surface area contributed by atoms with Crippen molar-refractivity contribution in [1.82, 2.24) is 4.98 Å². The summed E-state index contributed by atoms with van der Waals surface area (Å²) in [7, 11) is 0. The Bertz CT molecular complexity index is 700. The van der Waals surface area contributed by atoms with Crippen molar-refractivity contribution in [3.05, 3.63) is 44.2 Å². The molecule has 0 saturated heterocycles. The Morgan fingerprint density at radius 2 is 2.25 bits per heavy atom. The van der Waals surface area contributed by atoms with Gasteiger partial charge in [0, 0.05) is 5.56 Å². The van der Waals surface area contributed by atoms with Crippen molar-refractivity contribution in [1.29, 1.82) is 0 Å². The maximum atomic E-state index is 10.8. The van der Waals surface area contributed by atoms with Gasteiger partial charge in [0.1, 0.15) is 11.2 Å². The third-order valence-corrected chi connectivity index (χ3v) is 4.55. The third-order valence-electron chi connectivity index (χ3n) is 2.39. The quantitative estimate of drug-likeness (QED) is 0.658. The zero-order valence-electron chi connectivity index (χ0n) is 9.99. The van der Waals surface area contributed by atoms with Gasteiger partial charge in [0.25, 0.3) is 5.69 Å². The third kappa shape index (κ3) is 2.83. The second-order valence-electron chi connectivity index (χ2n) is 3.67. The summed E-state index contributed by atoms with van der Waals surface area (Å²) in [6, 6.07) is 2.83. The van der Waals surface area contributed by atoms with Gasteiger partial charge in [-0.05, 0) is 46.7 Å². The van der Waals surface area contributed by atoms with E-state index in [0.717, 1.165) is 18.0 Å². The second kappa shape index (κ2) is 5.63. The lowest BCUT2D eigenvalue weighted by Crippen LogP contribution is -1.95. The molecule has 0 spiro atoms. The van der Waals surface area contributed by atoms with Gasteiger partial charge in [-0.25, -0.2) is 9.78 Å². The molecule has 0 bridgehead atoms. The average molecular weight is 359 g/mol. The fourth-order valence-electron chi connectivity index (χ4n) is 1.39. The summed E-state index contributed by atoms with van der Waals surface area (Å²) in [5.74, 6) is -1.34. The molecule has 0 fully saturated rings. The number of aromatic nitrogens is 1. The van der Waals surface area contributed by atoms with Crippen LogP contribution in [0.1, 0.15) is 16.1 Å². The molecule has 0 aromatic carbocycles. The van der Waals surface area contributed by atoms with Crippen LogP contribution in [0.15, 0.2) is 37.3 Å². The topological polar surface area (TPSA) is 106 Å². The SMILES string of the molecule is Cc1c([N+](=O)[O-])cnc(Sc2ccc(C(=O)O)o2)c1Br. The van der Waals surface area contributed by atoms with E-state index in [2.05, 4.69) is 20.9 Å². The highest BCUT2D eigenvalue weighted by Gasteiger charge is 2.19. The number of halogens is 1. The first kappa shape index (κ1) is 14.5. The van der Waals surface area contributed by atoms with E-state index in [1.807, 2.05) is 0 Å². The molecule has 104 valence electrons. The van der Waals surface area contributed by atoms with Crippen molar-refractivity contribution < 1.29 is 19.2 Å². The first-order valence-corrected chi connectivity index (χ1v) is 6.81. The largest absolute Gasteiger partial charge is 0.475 e. The number of hydrogen-bond acceptors (Lipinski definition) is 6. The van der Waals surface area contributed by atoms with Gasteiger partial charge in [-0.1, -0.05) is 0 Å². The number of aromatic carboxylic acids is 1. The van der Waals surface area contributed by atoms with Gasteiger partial charge in [0.2, 0.25) is 5.76 Å². The molecule has 0 radical (unpaired) electrons. The smallest absolute Gasteiger partial charge is 0.371 e. The molecular weight excluding hydrogens is 352 g/mol. The van der Waals surface area contributed by atoms with Crippen molar-refractivity contribution >= 4 is 39.3 Å². The number of rotatable bonds is 4. The predicted molar refractivity (Wildman–Crippen MR) is 73.1 cm³/mol. The fraction of sp³-hybridized carbons (Fsp3) is 0.0909. The summed E-state index contributed by atoms with van der Waals surface area (Å²) >= 11 is 4.32. The number of carboxylic acid groups (broad SMARTS) is 1. The molecule has 0 aliphatic rings. The molecule has 0 saturated carbocycles. The number of nitro groups is 1. The summed E-state index contributed by atoms with van der Waals surface area (Å²) in [6.45, 7) is 1.60. The van der Waals surface area contributed by atoms with Crippen molar-refractivity contribution in [3.8, 4) is 0 Å². The average Bonchev–Trinajstić information content (AvgIpc) is 2.83. The molecule has 0 amide bonds. The van der Waals surface area contributed by atoms with E-state index < -0.39 is 10.9 Å². The van der Waals surface area contributed by atoms with Gasteiger partial charge in [-0.3, -0.25) is 10.1 Å². The summed E-state index contributed by atoms with van der Waals surface area (Å²) < 4.78 is 5.57. The highest BCUT2D eigenvalue weighted by molar-refractivity contribution is 9.10. The van der Waals surface area contributed by atoms with Gasteiger partial charge in [-0.15, -0.1) is 0 Å². The second-order valence-corrected chi connectivity index (χ2v) is 5.46. The van der Waals surface area contributed by atoms with Crippen LogP contribution in [0, 0.1) is 17.0 Å². The van der Waals surface area contributed by atoms with Gasteiger partial charge in [0.05, 0.1) is 9.40 Å². The van der Waals surface area contributed by atoms with E-state index in [9.17, 15) is 14.9 Å². The van der Waals surface area contributed by atoms with Crippen molar-refractivity contribution in [3.63, 3.8) is 0 Å². The van der Waals surface area contributed by atoms with Crippen LogP contribution in [0.2, 0.25) is 0 Å². The van der Waals surface area contributed by atoms with Crippen LogP contribution in [-0.2, 0) is 0 Å². The Morgan fingerprint density at radius 3 is 2.80 bits per heavy atom. The lowest BCUT2D eigenvalue weighted by molar-refractivity contribution is -0.385. The standard InChI is InChI=1S/C11H7BrN2O5S/c1-5-6(14(17)18)4-13-10(9(5)12)20-8-3-2-7(19-8)11(15)16/h2-4H,1H3,(H,15,16). The molecular formula is C11H7BrN2O5S. The molecule has 2 rings (SSSR count). The number of furan rings is 1. The highest BCUT2D eigenvalue weighted by atomic mass is 79.9. The van der Waals surface area contributed by atoms with Crippen LogP contribution in [0.4, 0.5) is 5.69 Å². The van der Waals surface area contributed by atoms with E-state index in [1.54, 1.807) is 6.92 Å². The lowest BCUT2D eigenvalue weighted by atomic mass is 10.3. The molecule has 7 nitrogen and oxygen atoms in total. The summed E-state index contributed by atoms with van der Waals surface area (Å²) in [4.78, 5) is 24.9. The maximum Gasteiger partial charge on any atom is 0.371 e. The number of hydrogen-bond donors (Lipinski definition) is 1. The predicted octanol–water partition coefficient (Wildman–Crippen LogP) is 3.50. The molecule has 2 heterocycles. The Morgan fingerprint density at radius 1 is 1.55 bits per heavy atom. The van der Waals surface area contributed by atoms with Crippen molar-refractivity contribution in [2.75, 3.05) is 0 Å². The molecule has 1 N–H and O–H groups in total. The first-order chi connectivity index (χ1) is 9.40. The molecule has 2 aromatic heterocycles. The van der Waals surface area contributed by atoms with Crippen LogP contribution in [0.25, 0.3) is 0 Å². The van der Waals surface area contributed by atoms with E-state index in [-0.39, 0.29) is 11.4 Å². The normalized spacial score (nSPS) is 10.5. The van der Waals surface area contributed by atoms with Crippen LogP contribution in [-0.4, -0.2) is 21.0 Å². The minimum Gasteiger partial charge on any atom is -0.475 e. The maximum absolute atomic E-state index is 10.8. The van der Waals surface area contributed by atoms with Gasteiger partial charge < -0.3 is 9.52 Å². The van der Waals surface area contributed by atoms with E-state index in [0.29, 0.717) is 20.2 Å². The van der Waals surface area contributed by atoms with Crippen molar-refractivity contribution in [2.45, 2.75) is 17.0 Å². The minimum absolute atomic E-state index is 0.0908. The fourth-order valence-corrected chi connectivity index (χ4v) is 2.74. The Kier molecular flexibility index (Phi) is 4.09.